The van der Waals surface area contributed by atoms with Crippen LogP contribution in [0.3, 0.4) is 0 Å². The number of amides is 1. The first-order valence-corrected chi connectivity index (χ1v) is 7.02. The first kappa shape index (κ1) is 14.6. The van der Waals surface area contributed by atoms with Gasteiger partial charge < -0.3 is 0 Å². The quantitative estimate of drug-likeness (QED) is 0.800. The van der Waals surface area contributed by atoms with Crippen molar-refractivity contribution in [2.75, 3.05) is 4.90 Å². The minimum Gasteiger partial charge on any atom is -0.280 e. The predicted octanol–water partition coefficient (Wildman–Crippen LogP) is 4.49. The van der Waals surface area contributed by atoms with Crippen molar-refractivity contribution in [1.82, 2.24) is 0 Å². The second-order valence-corrected chi connectivity index (χ2v) is 5.27. The van der Waals surface area contributed by atoms with Crippen LogP contribution in [0.5, 0.6) is 0 Å². The fraction of sp³-hybridized carbons (Fsp3) is 0.235. The van der Waals surface area contributed by atoms with Crippen LogP contribution in [0.15, 0.2) is 42.5 Å². The maximum Gasteiger partial charge on any atom is 0.416 e. The Balaban J connectivity index is 2.05. The number of alkyl halides is 3. The summed E-state index contributed by atoms with van der Waals surface area (Å²) in [5.74, 6) is -0.210. The van der Waals surface area contributed by atoms with Crippen LogP contribution < -0.4 is 4.90 Å². The summed E-state index contributed by atoms with van der Waals surface area (Å²) in [6, 6.07) is 10.8. The Morgan fingerprint density at radius 3 is 2.36 bits per heavy atom. The number of fused-ring (bicyclic) bond motifs is 1. The highest BCUT2D eigenvalue weighted by Crippen LogP contribution is 2.39. The van der Waals surface area contributed by atoms with Crippen molar-refractivity contribution in [2.45, 2.75) is 25.9 Å². The van der Waals surface area contributed by atoms with Gasteiger partial charge in [0.25, 0.3) is 0 Å². The Morgan fingerprint density at radius 2 is 1.77 bits per heavy atom. The molecule has 2 nitrogen and oxygen atoms in total. The first-order valence-electron chi connectivity index (χ1n) is 7.02. The molecule has 114 valence electrons. The number of anilines is 2. The second kappa shape index (κ2) is 5.16. The highest BCUT2D eigenvalue weighted by Gasteiger charge is 2.35. The van der Waals surface area contributed by atoms with Gasteiger partial charge in [-0.25, -0.2) is 0 Å². The Morgan fingerprint density at radius 1 is 1.09 bits per heavy atom. The molecule has 0 N–H and O–H groups in total. The van der Waals surface area contributed by atoms with E-state index in [1.165, 1.54) is 11.0 Å². The van der Waals surface area contributed by atoms with Gasteiger partial charge in [0, 0.05) is 5.69 Å². The average molecular weight is 305 g/mol. The SMILES string of the molecule is CCc1ccc(N2C(=O)Cc3ccc(C(F)(F)F)cc32)cc1. The summed E-state index contributed by atoms with van der Waals surface area (Å²) in [4.78, 5) is 13.6. The van der Waals surface area contributed by atoms with Gasteiger partial charge in [-0.2, -0.15) is 13.2 Å². The van der Waals surface area contributed by atoms with E-state index in [1.807, 2.05) is 19.1 Å². The van der Waals surface area contributed by atoms with Crippen LogP contribution in [-0.4, -0.2) is 5.91 Å². The normalized spacial score (nSPS) is 14.4. The third kappa shape index (κ3) is 2.47. The number of rotatable bonds is 2. The molecule has 0 radical (unpaired) electrons. The molecular weight excluding hydrogens is 291 g/mol. The molecule has 1 aliphatic rings. The number of benzene rings is 2. The Labute approximate surface area is 126 Å². The fourth-order valence-electron chi connectivity index (χ4n) is 2.64. The van der Waals surface area contributed by atoms with E-state index in [9.17, 15) is 18.0 Å². The molecule has 5 heteroatoms. The molecule has 3 rings (SSSR count). The largest absolute Gasteiger partial charge is 0.416 e. The zero-order valence-electron chi connectivity index (χ0n) is 11.9. The lowest BCUT2D eigenvalue weighted by Crippen LogP contribution is -2.21. The van der Waals surface area contributed by atoms with Crippen molar-refractivity contribution >= 4 is 17.3 Å². The van der Waals surface area contributed by atoms with E-state index >= 15 is 0 Å². The average Bonchev–Trinajstić information content (AvgIpc) is 2.81. The molecule has 0 saturated carbocycles. The molecule has 0 aromatic heterocycles. The van der Waals surface area contributed by atoms with Gasteiger partial charge in [0.1, 0.15) is 0 Å². The minimum atomic E-state index is -4.42. The lowest BCUT2D eigenvalue weighted by atomic mass is 10.1. The summed E-state index contributed by atoms with van der Waals surface area (Å²) in [5.41, 5.74) is 1.91. The second-order valence-electron chi connectivity index (χ2n) is 5.27. The van der Waals surface area contributed by atoms with E-state index in [1.54, 1.807) is 12.1 Å². The maximum atomic E-state index is 12.9. The van der Waals surface area contributed by atoms with Crippen LogP contribution in [0.2, 0.25) is 0 Å². The minimum absolute atomic E-state index is 0.128. The maximum absolute atomic E-state index is 12.9. The van der Waals surface area contributed by atoms with Crippen LogP contribution >= 0.6 is 0 Å². The number of hydrogen-bond acceptors (Lipinski definition) is 1. The number of carbonyl (C=O) groups is 1. The summed E-state index contributed by atoms with van der Waals surface area (Å²) in [6.07, 6.45) is -3.43. The highest BCUT2D eigenvalue weighted by atomic mass is 19.4. The van der Waals surface area contributed by atoms with E-state index in [4.69, 9.17) is 0 Å². The standard InChI is InChI=1S/C17H14F3NO/c1-2-11-3-7-14(8-4-11)21-15-10-13(17(18,19)20)6-5-12(15)9-16(21)22/h3-8,10H,2,9H2,1H3. The molecule has 0 saturated heterocycles. The number of nitrogens with zero attached hydrogens (tertiary/aromatic N) is 1. The van der Waals surface area contributed by atoms with Crippen molar-refractivity contribution in [3.8, 4) is 0 Å². The Bertz CT molecular complexity index is 720. The van der Waals surface area contributed by atoms with E-state index in [-0.39, 0.29) is 12.3 Å². The lowest BCUT2D eigenvalue weighted by Gasteiger charge is -2.19. The molecule has 1 heterocycles. The summed E-state index contributed by atoms with van der Waals surface area (Å²) in [7, 11) is 0. The van der Waals surface area contributed by atoms with Crippen molar-refractivity contribution in [3.63, 3.8) is 0 Å². The molecule has 1 aliphatic heterocycles. The van der Waals surface area contributed by atoms with E-state index in [2.05, 4.69) is 0 Å². The first-order chi connectivity index (χ1) is 10.4. The molecule has 2 aromatic rings. The van der Waals surface area contributed by atoms with Gasteiger partial charge >= 0.3 is 6.18 Å². The van der Waals surface area contributed by atoms with Crippen LogP contribution in [0.4, 0.5) is 24.5 Å². The van der Waals surface area contributed by atoms with Crippen molar-refractivity contribution in [3.05, 3.63) is 59.2 Å². The third-order valence-electron chi connectivity index (χ3n) is 3.85. The van der Waals surface area contributed by atoms with E-state index in [0.29, 0.717) is 16.9 Å². The van der Waals surface area contributed by atoms with Crippen molar-refractivity contribution in [2.24, 2.45) is 0 Å². The van der Waals surface area contributed by atoms with Crippen molar-refractivity contribution < 1.29 is 18.0 Å². The molecule has 0 aliphatic carbocycles. The number of aryl methyl sites for hydroxylation is 1. The Hall–Kier alpha value is -2.30. The summed E-state index contributed by atoms with van der Waals surface area (Å²) in [6.45, 7) is 2.01. The van der Waals surface area contributed by atoms with Gasteiger partial charge in [0.2, 0.25) is 5.91 Å². The van der Waals surface area contributed by atoms with Gasteiger partial charge in [0.15, 0.2) is 0 Å². The third-order valence-corrected chi connectivity index (χ3v) is 3.85. The Kier molecular flexibility index (Phi) is 3.43. The highest BCUT2D eigenvalue weighted by molar-refractivity contribution is 6.07. The van der Waals surface area contributed by atoms with Gasteiger partial charge in [-0.1, -0.05) is 25.1 Å². The summed E-state index contributed by atoms with van der Waals surface area (Å²) >= 11 is 0. The van der Waals surface area contributed by atoms with Crippen LogP contribution in [-0.2, 0) is 23.8 Å². The van der Waals surface area contributed by atoms with Gasteiger partial charge in [0.05, 0.1) is 17.7 Å². The fourth-order valence-corrected chi connectivity index (χ4v) is 2.64. The zero-order chi connectivity index (χ0) is 15.9. The smallest absolute Gasteiger partial charge is 0.280 e. The van der Waals surface area contributed by atoms with Gasteiger partial charge in [-0.3, -0.25) is 9.69 Å². The van der Waals surface area contributed by atoms with E-state index < -0.39 is 11.7 Å². The molecule has 0 spiro atoms. The predicted molar refractivity (Wildman–Crippen MR) is 78.1 cm³/mol. The monoisotopic (exact) mass is 305 g/mol. The molecule has 2 aromatic carbocycles. The number of halogens is 3. The molecular formula is C17H14F3NO. The zero-order valence-corrected chi connectivity index (χ0v) is 11.9. The van der Waals surface area contributed by atoms with Crippen molar-refractivity contribution in [1.29, 1.82) is 0 Å². The lowest BCUT2D eigenvalue weighted by molar-refractivity contribution is -0.137. The molecule has 0 unspecified atom stereocenters. The van der Waals surface area contributed by atoms with Crippen LogP contribution in [0.25, 0.3) is 0 Å². The molecule has 0 fully saturated rings. The molecule has 22 heavy (non-hydrogen) atoms. The van der Waals surface area contributed by atoms with Gasteiger partial charge in [-0.15, -0.1) is 0 Å². The topological polar surface area (TPSA) is 20.3 Å². The number of carbonyl (C=O) groups excluding carboxylic acids is 1. The van der Waals surface area contributed by atoms with Crippen LogP contribution in [0.1, 0.15) is 23.6 Å². The molecule has 1 amide bonds. The van der Waals surface area contributed by atoms with Gasteiger partial charge in [-0.05, 0) is 41.8 Å². The summed E-state index contributed by atoms with van der Waals surface area (Å²) < 4.78 is 38.6. The number of hydrogen-bond donors (Lipinski definition) is 0. The van der Waals surface area contributed by atoms with E-state index in [0.717, 1.165) is 24.1 Å². The summed E-state index contributed by atoms with van der Waals surface area (Å²) in [5, 5.41) is 0. The molecule has 0 bridgehead atoms. The molecule has 0 atom stereocenters. The van der Waals surface area contributed by atoms with Crippen LogP contribution in [0, 0.1) is 0 Å².